The van der Waals surface area contributed by atoms with Crippen LogP contribution in [0, 0.1) is 22.8 Å². The number of rotatable bonds is 2. The van der Waals surface area contributed by atoms with Crippen LogP contribution in [0.3, 0.4) is 0 Å². The molecule has 1 aromatic rings. The van der Waals surface area contributed by atoms with E-state index in [1.165, 1.54) is 29.5 Å². The first-order chi connectivity index (χ1) is 10.4. The first-order valence-corrected chi connectivity index (χ1v) is 7.99. The van der Waals surface area contributed by atoms with Crippen molar-refractivity contribution in [2.24, 2.45) is 5.92 Å². The number of hydrogen-bond acceptors (Lipinski definition) is 2. The Labute approximate surface area is 135 Å². The van der Waals surface area contributed by atoms with Crippen LogP contribution in [0.4, 0.5) is 0 Å². The Morgan fingerprint density at radius 2 is 1.32 bits per heavy atom. The maximum atomic E-state index is 7.00. The molecule has 0 heterocycles. The molecule has 0 aromatic heterocycles. The third-order valence-electron chi connectivity index (χ3n) is 3.88. The maximum absolute atomic E-state index is 7.00. The fourth-order valence-electron chi connectivity index (χ4n) is 2.19. The zero-order valence-electron chi connectivity index (χ0n) is 14.8. The lowest BCUT2D eigenvalue weighted by Gasteiger charge is -2.14. The van der Waals surface area contributed by atoms with Gasteiger partial charge in [0.1, 0.15) is 0 Å². The van der Waals surface area contributed by atoms with Gasteiger partial charge in [-0.05, 0) is 44.1 Å². The number of allylic oxidation sites excluding steroid dienone is 4. The summed E-state index contributed by atoms with van der Waals surface area (Å²) in [5.41, 5.74) is 5.88. The monoisotopic (exact) mass is 302 g/mol. The van der Waals surface area contributed by atoms with Gasteiger partial charge >= 0.3 is 0 Å². The zero-order valence-corrected chi connectivity index (χ0v) is 14.8. The molecule has 0 saturated carbocycles. The molecular formula is C20H30O2. The minimum atomic E-state index is 0.653. The van der Waals surface area contributed by atoms with E-state index >= 15 is 0 Å². The molecular weight excluding hydrogens is 272 g/mol. The Morgan fingerprint density at radius 3 is 1.68 bits per heavy atom. The highest BCUT2D eigenvalue weighted by molar-refractivity contribution is 5.24. The first-order valence-electron chi connectivity index (χ1n) is 7.99. The second kappa shape index (κ2) is 10.9. The summed E-state index contributed by atoms with van der Waals surface area (Å²) in [5, 5.41) is 0. The summed E-state index contributed by atoms with van der Waals surface area (Å²) >= 11 is 0. The third-order valence-corrected chi connectivity index (χ3v) is 3.88. The number of benzene rings is 1. The van der Waals surface area contributed by atoms with Crippen LogP contribution in [-0.4, -0.2) is 0 Å². The molecule has 1 aromatic carbocycles. The molecule has 22 heavy (non-hydrogen) atoms. The Hall–Kier alpha value is -1.70. The average molecular weight is 302 g/mol. The molecule has 0 radical (unpaired) electrons. The molecule has 0 atom stereocenters. The van der Waals surface area contributed by atoms with Crippen molar-refractivity contribution in [1.82, 2.24) is 0 Å². The smallest absolute Gasteiger partial charge is 0 e. The van der Waals surface area contributed by atoms with Gasteiger partial charge in [-0.25, -0.2) is 0 Å². The number of hydrogen-bond donors (Lipinski definition) is 0. The normalized spacial score (nSPS) is 13.5. The molecule has 0 aliphatic heterocycles. The predicted octanol–water partition coefficient (Wildman–Crippen LogP) is 6.49. The molecule has 0 amide bonds. The van der Waals surface area contributed by atoms with E-state index < -0.39 is 0 Å². The van der Waals surface area contributed by atoms with Crippen LogP contribution in [-0.2, 0) is 0 Å². The Morgan fingerprint density at radius 1 is 0.773 bits per heavy atom. The van der Waals surface area contributed by atoms with Crippen molar-refractivity contribution in [2.75, 3.05) is 0 Å². The Bertz CT molecular complexity index is 479. The van der Waals surface area contributed by atoms with Crippen LogP contribution >= 0.6 is 0 Å². The van der Waals surface area contributed by atoms with Crippen molar-refractivity contribution in [3.05, 3.63) is 68.6 Å². The van der Waals surface area contributed by atoms with Crippen LogP contribution in [0.5, 0.6) is 0 Å². The zero-order chi connectivity index (χ0) is 17.1. The van der Waals surface area contributed by atoms with Gasteiger partial charge in [0.25, 0.3) is 0 Å². The molecule has 2 rings (SSSR count). The highest BCUT2D eigenvalue weighted by atomic mass is 16.7. The molecule has 0 fully saturated rings. The molecule has 0 N–H and O–H groups in total. The van der Waals surface area contributed by atoms with Crippen molar-refractivity contribution in [3.63, 3.8) is 0 Å². The minimum absolute atomic E-state index is 0.653. The van der Waals surface area contributed by atoms with Crippen LogP contribution in [0.1, 0.15) is 64.5 Å². The van der Waals surface area contributed by atoms with Crippen LogP contribution in [0.15, 0.2) is 47.6 Å². The van der Waals surface area contributed by atoms with Crippen molar-refractivity contribution >= 4 is 0 Å². The SMILES string of the molecule is CC1=CC=C(C(C)C)CC1.Cc1ccc(C(C)C)cc1.O=O. The summed E-state index contributed by atoms with van der Waals surface area (Å²) in [6.45, 7) is 13.3. The van der Waals surface area contributed by atoms with Crippen LogP contribution in [0.2, 0.25) is 0 Å². The van der Waals surface area contributed by atoms with E-state index in [0.717, 1.165) is 5.92 Å². The van der Waals surface area contributed by atoms with Crippen molar-refractivity contribution in [2.45, 2.75) is 60.3 Å². The lowest BCUT2D eigenvalue weighted by atomic mass is 9.92. The van der Waals surface area contributed by atoms with E-state index in [1.807, 2.05) is 0 Å². The highest BCUT2D eigenvalue weighted by Crippen LogP contribution is 2.23. The molecule has 1 aliphatic carbocycles. The summed E-state index contributed by atoms with van der Waals surface area (Å²) in [6.07, 6.45) is 7.08. The van der Waals surface area contributed by atoms with E-state index in [2.05, 4.69) is 78.0 Å². The number of aryl methyl sites for hydroxylation is 1. The summed E-state index contributed by atoms with van der Waals surface area (Å²) in [7, 11) is 0. The van der Waals surface area contributed by atoms with Gasteiger partial charge in [0.2, 0.25) is 0 Å². The summed E-state index contributed by atoms with van der Waals surface area (Å²) in [4.78, 5) is 14.0. The Kier molecular flexibility index (Phi) is 10.1. The van der Waals surface area contributed by atoms with Gasteiger partial charge in [0, 0.05) is 9.93 Å². The van der Waals surface area contributed by atoms with Gasteiger partial charge in [-0.3, -0.25) is 0 Å². The summed E-state index contributed by atoms with van der Waals surface area (Å²) in [6, 6.07) is 8.71. The molecule has 0 unspecified atom stereocenters. The minimum Gasteiger partial charge on any atom is -0.0730 e. The molecule has 122 valence electrons. The van der Waals surface area contributed by atoms with E-state index in [4.69, 9.17) is 9.93 Å². The van der Waals surface area contributed by atoms with Crippen molar-refractivity contribution in [1.29, 1.82) is 0 Å². The average Bonchev–Trinajstić information content (AvgIpc) is 2.51. The van der Waals surface area contributed by atoms with E-state index in [-0.39, 0.29) is 0 Å². The molecule has 2 nitrogen and oxygen atoms in total. The topological polar surface area (TPSA) is 34.1 Å². The van der Waals surface area contributed by atoms with Gasteiger partial charge in [-0.1, -0.05) is 80.8 Å². The lowest BCUT2D eigenvalue weighted by molar-refractivity contribution is 0.700. The molecule has 0 spiro atoms. The molecule has 2 heteroatoms. The molecule has 0 saturated heterocycles. The fourth-order valence-corrected chi connectivity index (χ4v) is 2.19. The second-order valence-electron chi connectivity index (χ2n) is 6.47. The fraction of sp³-hybridized carbons (Fsp3) is 0.500. The second-order valence-corrected chi connectivity index (χ2v) is 6.47. The molecule has 1 aliphatic rings. The van der Waals surface area contributed by atoms with E-state index in [0.29, 0.717) is 5.92 Å². The standard InChI is InChI=1S/C10H16.C10H14.O2/c2*1-8(2)10-6-4-9(3)5-7-10;1-2/h4,6,8H,5,7H2,1-3H3;4-8H,1-3H3;. The van der Waals surface area contributed by atoms with Gasteiger partial charge < -0.3 is 0 Å². The van der Waals surface area contributed by atoms with Gasteiger partial charge in [0.05, 0.1) is 0 Å². The van der Waals surface area contributed by atoms with Gasteiger partial charge in [0.15, 0.2) is 0 Å². The van der Waals surface area contributed by atoms with Gasteiger partial charge in [-0.2, -0.15) is 0 Å². The van der Waals surface area contributed by atoms with Crippen LogP contribution < -0.4 is 0 Å². The summed E-state index contributed by atoms with van der Waals surface area (Å²) < 4.78 is 0. The first kappa shape index (κ1) is 20.3. The quantitative estimate of drug-likeness (QED) is 0.625. The maximum Gasteiger partial charge on any atom is 0 e. The largest absolute Gasteiger partial charge is 0.0730 e. The van der Waals surface area contributed by atoms with Crippen molar-refractivity contribution < 1.29 is 0 Å². The predicted molar refractivity (Wildman–Crippen MR) is 97.9 cm³/mol. The highest BCUT2D eigenvalue weighted by Gasteiger charge is 2.05. The van der Waals surface area contributed by atoms with Crippen molar-refractivity contribution in [3.8, 4) is 0 Å². The third kappa shape index (κ3) is 7.92. The Balaban J connectivity index is 0.000000360. The molecule has 0 bridgehead atoms. The van der Waals surface area contributed by atoms with Gasteiger partial charge in [-0.15, -0.1) is 0 Å². The van der Waals surface area contributed by atoms with E-state index in [9.17, 15) is 0 Å². The lowest BCUT2D eigenvalue weighted by Crippen LogP contribution is -1.97. The summed E-state index contributed by atoms with van der Waals surface area (Å²) in [5.74, 6) is 1.39. The van der Waals surface area contributed by atoms with E-state index in [1.54, 1.807) is 5.57 Å². The van der Waals surface area contributed by atoms with Crippen LogP contribution in [0.25, 0.3) is 0 Å².